The number of rotatable bonds is 10. The molecule has 11 heteroatoms. The third kappa shape index (κ3) is 6.13. The Bertz CT molecular complexity index is 1220. The Kier molecular flexibility index (Phi) is 8.25. The van der Waals surface area contributed by atoms with Crippen molar-refractivity contribution in [1.82, 2.24) is 19.8 Å². The number of benzene rings is 1. The number of cyclic esters (lactones) is 1. The highest BCUT2D eigenvalue weighted by molar-refractivity contribution is 5.70. The zero-order valence-corrected chi connectivity index (χ0v) is 22.3. The first-order valence-corrected chi connectivity index (χ1v) is 13.5. The van der Waals surface area contributed by atoms with Crippen LogP contribution in [-0.4, -0.2) is 71.2 Å². The Morgan fingerprint density at radius 2 is 1.97 bits per heavy atom. The van der Waals surface area contributed by atoms with Crippen molar-refractivity contribution in [3.8, 4) is 0 Å². The number of nitrogens with zero attached hydrogens (tertiary/aromatic N) is 5. The standard InChI is InChI=1S/C28H35F2N7O2/c1-3-19-15-20(37-17-21-7-8-22(18-37)35(21)2)9-10-24(19)33-27-32-16-23(25(29)30)26(34-27)31-11-6-13-36-12-4-5-14-39-28(36)38/h4-5,9-10,12,14-16,21-22,25H,3,6-8,11,13,17-18H2,1-2H3,(H2,31,32,33,34)/t21-,22+. The van der Waals surface area contributed by atoms with E-state index in [4.69, 9.17) is 4.74 Å². The van der Waals surface area contributed by atoms with Crippen molar-refractivity contribution in [1.29, 1.82) is 0 Å². The van der Waals surface area contributed by atoms with Crippen LogP contribution in [0.25, 0.3) is 0 Å². The lowest BCUT2D eigenvalue weighted by molar-refractivity contribution is 0.151. The van der Waals surface area contributed by atoms with E-state index in [1.807, 2.05) is 6.07 Å². The van der Waals surface area contributed by atoms with E-state index < -0.39 is 12.5 Å². The second kappa shape index (κ2) is 12.0. The van der Waals surface area contributed by atoms with Crippen LogP contribution >= 0.6 is 0 Å². The van der Waals surface area contributed by atoms with Crippen molar-refractivity contribution >= 4 is 29.2 Å². The quantitative estimate of drug-likeness (QED) is 0.395. The lowest BCUT2D eigenvalue weighted by Crippen LogP contribution is -2.52. The SMILES string of the molecule is CCc1cc(N2C[C@H]3CC[C@@H](C2)N3C)ccc1Nc1ncc(C(F)F)c(NCCCN2C=CC=COC2=O)n1. The highest BCUT2D eigenvalue weighted by Crippen LogP contribution is 2.34. The number of nitrogens with one attached hydrogen (secondary N) is 2. The number of hydrogen-bond acceptors (Lipinski definition) is 8. The first-order chi connectivity index (χ1) is 18.9. The average Bonchev–Trinajstić information content (AvgIpc) is 3.10. The number of likely N-dealkylation sites (N-methyl/N-ethyl adjacent to an activating group) is 1. The molecule has 1 aromatic carbocycles. The summed E-state index contributed by atoms with van der Waals surface area (Å²) in [6.45, 7) is 4.86. The first kappa shape index (κ1) is 26.9. The van der Waals surface area contributed by atoms with E-state index in [1.54, 1.807) is 18.4 Å². The summed E-state index contributed by atoms with van der Waals surface area (Å²) in [4.78, 5) is 26.8. The third-order valence-electron chi connectivity index (χ3n) is 7.71. The number of hydrogen-bond donors (Lipinski definition) is 2. The predicted octanol–water partition coefficient (Wildman–Crippen LogP) is 5.28. The minimum Gasteiger partial charge on any atom is -0.418 e. The molecule has 4 heterocycles. The Morgan fingerprint density at radius 3 is 2.72 bits per heavy atom. The molecule has 1 amide bonds. The van der Waals surface area contributed by atoms with E-state index in [0.29, 0.717) is 31.6 Å². The van der Waals surface area contributed by atoms with Gasteiger partial charge in [0.15, 0.2) is 0 Å². The monoisotopic (exact) mass is 539 g/mol. The molecule has 2 saturated heterocycles. The highest BCUT2D eigenvalue weighted by Gasteiger charge is 2.37. The fraction of sp³-hybridized carbons (Fsp3) is 0.464. The molecule has 0 radical (unpaired) electrons. The molecule has 1 aromatic heterocycles. The summed E-state index contributed by atoms with van der Waals surface area (Å²) in [6, 6.07) is 7.54. The molecule has 2 fully saturated rings. The molecular formula is C28H35F2N7O2. The number of anilines is 4. The molecule has 2 aromatic rings. The topological polar surface area (TPSA) is 85.9 Å². The number of aryl methyl sites for hydroxylation is 1. The van der Waals surface area contributed by atoms with E-state index in [9.17, 15) is 13.6 Å². The Labute approximate surface area is 227 Å². The molecule has 39 heavy (non-hydrogen) atoms. The van der Waals surface area contributed by atoms with Gasteiger partial charge in [0.1, 0.15) is 5.82 Å². The lowest BCUT2D eigenvalue weighted by Gasteiger charge is -2.40. The zero-order chi connectivity index (χ0) is 27.4. The molecule has 2 bridgehead atoms. The molecule has 208 valence electrons. The van der Waals surface area contributed by atoms with Gasteiger partial charge in [0, 0.05) is 62.0 Å². The molecule has 0 aliphatic carbocycles. The van der Waals surface area contributed by atoms with Gasteiger partial charge in [0.05, 0.1) is 11.8 Å². The minimum atomic E-state index is -2.72. The summed E-state index contributed by atoms with van der Waals surface area (Å²) in [5.41, 5.74) is 2.91. The number of amides is 1. The van der Waals surface area contributed by atoms with Gasteiger partial charge < -0.3 is 20.3 Å². The van der Waals surface area contributed by atoms with E-state index in [2.05, 4.69) is 56.5 Å². The van der Waals surface area contributed by atoms with Crippen molar-refractivity contribution in [2.45, 2.75) is 51.1 Å². The van der Waals surface area contributed by atoms with Crippen LogP contribution in [0.15, 0.2) is 49.0 Å². The summed E-state index contributed by atoms with van der Waals surface area (Å²) >= 11 is 0. The predicted molar refractivity (Wildman–Crippen MR) is 147 cm³/mol. The molecule has 5 rings (SSSR count). The van der Waals surface area contributed by atoms with Crippen molar-refractivity contribution in [2.75, 3.05) is 48.8 Å². The second-order valence-electron chi connectivity index (χ2n) is 10.1. The van der Waals surface area contributed by atoms with Gasteiger partial charge in [0.2, 0.25) is 5.95 Å². The van der Waals surface area contributed by atoms with Crippen LogP contribution < -0.4 is 15.5 Å². The zero-order valence-electron chi connectivity index (χ0n) is 22.3. The summed E-state index contributed by atoms with van der Waals surface area (Å²) in [6.07, 6.45) is 8.00. The number of aromatic nitrogens is 2. The van der Waals surface area contributed by atoms with Gasteiger partial charge in [-0.25, -0.2) is 18.6 Å². The third-order valence-corrected chi connectivity index (χ3v) is 7.71. The van der Waals surface area contributed by atoms with Gasteiger partial charge in [-0.3, -0.25) is 9.80 Å². The van der Waals surface area contributed by atoms with Crippen LogP contribution in [0, 0.1) is 0 Å². The number of carbonyl (C=O) groups is 1. The van der Waals surface area contributed by atoms with E-state index >= 15 is 0 Å². The number of allylic oxidation sites excluding steroid dienone is 2. The highest BCUT2D eigenvalue weighted by atomic mass is 19.3. The van der Waals surface area contributed by atoms with Gasteiger partial charge in [-0.2, -0.15) is 4.98 Å². The largest absolute Gasteiger partial charge is 0.418 e. The van der Waals surface area contributed by atoms with Crippen LogP contribution in [0.3, 0.4) is 0 Å². The van der Waals surface area contributed by atoms with Gasteiger partial charge in [-0.05, 0) is 68.6 Å². The van der Waals surface area contributed by atoms with Gasteiger partial charge in [0.25, 0.3) is 6.43 Å². The van der Waals surface area contributed by atoms with Crippen LogP contribution in [-0.2, 0) is 11.2 Å². The van der Waals surface area contributed by atoms with Crippen LogP contribution in [0.5, 0.6) is 0 Å². The van der Waals surface area contributed by atoms with Crippen molar-refractivity contribution in [3.63, 3.8) is 0 Å². The molecule has 0 saturated carbocycles. The maximum absolute atomic E-state index is 13.7. The second-order valence-corrected chi connectivity index (χ2v) is 10.1. The Morgan fingerprint density at radius 1 is 1.18 bits per heavy atom. The number of halogens is 2. The van der Waals surface area contributed by atoms with E-state index in [-0.39, 0.29) is 17.3 Å². The smallest absolute Gasteiger partial charge is 0.418 e. The number of alkyl halides is 2. The number of ether oxygens (including phenoxy) is 1. The number of piperazine rings is 1. The van der Waals surface area contributed by atoms with Crippen molar-refractivity contribution < 1.29 is 18.3 Å². The fourth-order valence-electron chi connectivity index (χ4n) is 5.44. The Hall–Kier alpha value is -3.73. The maximum Gasteiger partial charge on any atom is 0.418 e. The van der Waals surface area contributed by atoms with Gasteiger partial charge in [-0.1, -0.05) is 6.92 Å². The first-order valence-electron chi connectivity index (χ1n) is 13.5. The molecular weight excluding hydrogens is 504 g/mol. The molecule has 9 nitrogen and oxygen atoms in total. The van der Waals surface area contributed by atoms with Crippen LogP contribution in [0.1, 0.15) is 43.7 Å². The molecule has 2 N–H and O–H groups in total. The summed E-state index contributed by atoms with van der Waals surface area (Å²) in [5.74, 6) is 0.313. The number of carbonyl (C=O) groups excluding carboxylic acids is 1. The van der Waals surface area contributed by atoms with Crippen molar-refractivity contribution in [3.05, 3.63) is 60.1 Å². The normalized spacial score (nSPS) is 20.9. The summed E-state index contributed by atoms with van der Waals surface area (Å²) in [5, 5.41) is 6.22. The molecule has 3 aliphatic heterocycles. The summed E-state index contributed by atoms with van der Waals surface area (Å²) < 4.78 is 32.3. The Balaban J connectivity index is 1.25. The average molecular weight is 540 g/mol. The molecule has 2 atom stereocenters. The molecule has 0 unspecified atom stereocenters. The summed E-state index contributed by atoms with van der Waals surface area (Å²) in [7, 11) is 2.23. The maximum atomic E-state index is 13.7. The van der Waals surface area contributed by atoms with E-state index in [0.717, 1.165) is 37.0 Å². The van der Waals surface area contributed by atoms with Gasteiger partial charge >= 0.3 is 6.09 Å². The van der Waals surface area contributed by atoms with Crippen molar-refractivity contribution in [2.24, 2.45) is 0 Å². The lowest BCUT2D eigenvalue weighted by atomic mass is 10.1. The fourth-order valence-corrected chi connectivity index (χ4v) is 5.44. The van der Waals surface area contributed by atoms with E-state index in [1.165, 1.54) is 29.7 Å². The molecule has 3 aliphatic rings. The minimum absolute atomic E-state index is 0.0701. The molecule has 0 spiro atoms. The number of fused-ring (bicyclic) bond motifs is 2. The van der Waals surface area contributed by atoms with Crippen LogP contribution in [0.2, 0.25) is 0 Å². The van der Waals surface area contributed by atoms with Crippen LogP contribution in [0.4, 0.5) is 36.7 Å². The van der Waals surface area contributed by atoms with Gasteiger partial charge in [-0.15, -0.1) is 0 Å².